The summed E-state index contributed by atoms with van der Waals surface area (Å²) in [5.74, 6) is 4.68. The topological polar surface area (TPSA) is 29.1 Å². The smallest absolute Gasteiger partial charge is 0.230 e. The highest BCUT2D eigenvalue weighted by atomic mass is 32.2. The van der Waals surface area contributed by atoms with Crippen molar-refractivity contribution in [2.24, 2.45) is 17.8 Å². The number of rotatable bonds is 7. The minimum atomic E-state index is 0.177. The first-order valence-electron chi connectivity index (χ1n) is 9.63. The second-order valence-corrected chi connectivity index (χ2v) is 9.49. The van der Waals surface area contributed by atoms with Crippen molar-refractivity contribution in [3.8, 4) is 0 Å². The van der Waals surface area contributed by atoms with Gasteiger partial charge in [-0.1, -0.05) is 30.3 Å². The molecule has 4 fully saturated rings. The zero-order valence-corrected chi connectivity index (χ0v) is 15.3. The van der Waals surface area contributed by atoms with Crippen molar-refractivity contribution in [3.05, 3.63) is 35.9 Å². The number of nitrogens with one attached hydrogen (secondary N) is 1. The molecule has 0 spiro atoms. The number of benzene rings is 1. The van der Waals surface area contributed by atoms with Crippen LogP contribution in [0.5, 0.6) is 0 Å². The van der Waals surface area contributed by atoms with E-state index in [1.165, 1.54) is 44.1 Å². The first-order valence-corrected chi connectivity index (χ1v) is 10.8. The molecule has 4 saturated carbocycles. The van der Waals surface area contributed by atoms with E-state index < -0.39 is 0 Å². The maximum atomic E-state index is 12.4. The molecule has 0 radical (unpaired) electrons. The summed E-state index contributed by atoms with van der Waals surface area (Å²) in [6.07, 6.45) is 10.3. The Kier molecular flexibility index (Phi) is 4.89. The average molecular weight is 344 g/mol. The van der Waals surface area contributed by atoms with Crippen LogP contribution in [0, 0.1) is 17.8 Å². The van der Waals surface area contributed by atoms with Crippen molar-refractivity contribution in [1.29, 1.82) is 0 Å². The fourth-order valence-electron chi connectivity index (χ4n) is 5.78. The van der Waals surface area contributed by atoms with Crippen molar-refractivity contribution in [1.82, 2.24) is 5.32 Å². The minimum absolute atomic E-state index is 0.177. The Bertz CT molecular complexity index is 535. The molecule has 1 amide bonds. The van der Waals surface area contributed by atoms with Gasteiger partial charge in [0.05, 0.1) is 5.75 Å². The zero-order valence-electron chi connectivity index (χ0n) is 14.5. The van der Waals surface area contributed by atoms with Crippen LogP contribution in [-0.2, 0) is 11.2 Å². The Morgan fingerprint density at radius 2 is 1.67 bits per heavy atom. The third kappa shape index (κ3) is 3.82. The Labute approximate surface area is 150 Å². The van der Waals surface area contributed by atoms with Crippen molar-refractivity contribution in [2.75, 3.05) is 11.5 Å². The van der Waals surface area contributed by atoms with Crippen LogP contribution in [0.2, 0.25) is 0 Å². The Hall–Kier alpha value is -0.960. The molecule has 130 valence electrons. The maximum absolute atomic E-state index is 12.4. The van der Waals surface area contributed by atoms with Crippen molar-refractivity contribution in [3.63, 3.8) is 0 Å². The molecule has 0 unspecified atom stereocenters. The molecule has 2 nitrogen and oxygen atoms in total. The van der Waals surface area contributed by atoms with E-state index in [1.807, 2.05) is 0 Å². The van der Waals surface area contributed by atoms with Crippen LogP contribution < -0.4 is 5.32 Å². The summed E-state index contributed by atoms with van der Waals surface area (Å²) < 4.78 is 0. The largest absolute Gasteiger partial charge is 0.350 e. The molecule has 24 heavy (non-hydrogen) atoms. The zero-order chi connectivity index (χ0) is 16.4. The van der Waals surface area contributed by atoms with E-state index in [2.05, 4.69) is 35.6 Å². The van der Waals surface area contributed by atoms with Crippen LogP contribution in [0.4, 0.5) is 0 Å². The lowest BCUT2D eigenvalue weighted by atomic mass is 9.53. The lowest BCUT2D eigenvalue weighted by molar-refractivity contribution is -0.124. The van der Waals surface area contributed by atoms with E-state index in [1.54, 1.807) is 11.8 Å². The average Bonchev–Trinajstić information content (AvgIpc) is 2.53. The van der Waals surface area contributed by atoms with E-state index in [-0.39, 0.29) is 11.4 Å². The summed E-state index contributed by atoms with van der Waals surface area (Å²) in [4.78, 5) is 12.4. The monoisotopic (exact) mass is 343 g/mol. The first kappa shape index (κ1) is 16.5. The number of carbonyl (C=O) groups excluding carboxylic acids is 1. The highest BCUT2D eigenvalue weighted by Gasteiger charge is 2.51. The van der Waals surface area contributed by atoms with Crippen molar-refractivity contribution < 1.29 is 4.79 Å². The summed E-state index contributed by atoms with van der Waals surface area (Å²) in [5.41, 5.74) is 1.58. The van der Waals surface area contributed by atoms with Gasteiger partial charge in [-0.3, -0.25) is 4.79 Å². The van der Waals surface area contributed by atoms with Gasteiger partial charge in [-0.05, 0) is 80.4 Å². The van der Waals surface area contributed by atoms with Crippen LogP contribution in [-0.4, -0.2) is 23.0 Å². The van der Waals surface area contributed by atoms with Crippen molar-refractivity contribution in [2.45, 2.75) is 56.9 Å². The lowest BCUT2D eigenvalue weighted by Gasteiger charge is -2.56. The molecular formula is C21H29NOS. The molecule has 1 aromatic carbocycles. The molecule has 0 heterocycles. The highest BCUT2D eigenvalue weighted by Crippen LogP contribution is 2.55. The number of amides is 1. The van der Waals surface area contributed by atoms with E-state index in [9.17, 15) is 4.79 Å². The maximum Gasteiger partial charge on any atom is 0.230 e. The second kappa shape index (κ2) is 7.11. The van der Waals surface area contributed by atoms with Gasteiger partial charge in [-0.25, -0.2) is 0 Å². The van der Waals surface area contributed by atoms with Crippen LogP contribution >= 0.6 is 11.8 Å². The third-order valence-electron chi connectivity index (χ3n) is 6.27. The predicted octanol–water partition coefficient (Wildman–Crippen LogP) is 4.44. The van der Waals surface area contributed by atoms with Gasteiger partial charge >= 0.3 is 0 Å². The third-order valence-corrected chi connectivity index (χ3v) is 7.32. The minimum Gasteiger partial charge on any atom is -0.350 e. The fraction of sp³-hybridized carbons (Fsp3) is 0.667. The first-order chi connectivity index (χ1) is 11.7. The summed E-state index contributed by atoms with van der Waals surface area (Å²) in [5, 5.41) is 3.47. The molecule has 0 atom stereocenters. The molecule has 0 aliphatic heterocycles. The van der Waals surface area contributed by atoms with Gasteiger partial charge in [-0.15, -0.1) is 0 Å². The van der Waals surface area contributed by atoms with Crippen LogP contribution in [0.1, 0.15) is 50.5 Å². The fourth-order valence-corrected chi connectivity index (χ4v) is 6.53. The molecule has 4 aliphatic carbocycles. The highest BCUT2D eigenvalue weighted by molar-refractivity contribution is 7.99. The number of aryl methyl sites for hydroxylation is 1. The molecule has 0 saturated heterocycles. The summed E-state index contributed by atoms with van der Waals surface area (Å²) in [6, 6.07) is 10.6. The van der Waals surface area contributed by atoms with Gasteiger partial charge in [0.2, 0.25) is 5.91 Å². The number of carbonyl (C=O) groups is 1. The second-order valence-electron chi connectivity index (χ2n) is 8.39. The lowest BCUT2D eigenvalue weighted by Crippen LogP contribution is -2.60. The van der Waals surface area contributed by atoms with Gasteiger partial charge in [-0.2, -0.15) is 11.8 Å². The number of thioether (sulfide) groups is 1. The van der Waals surface area contributed by atoms with Crippen molar-refractivity contribution >= 4 is 17.7 Å². The summed E-state index contributed by atoms with van der Waals surface area (Å²) >= 11 is 1.80. The van der Waals surface area contributed by atoms with Gasteiger partial charge in [0.1, 0.15) is 0 Å². The molecular weight excluding hydrogens is 314 g/mol. The molecule has 0 aromatic heterocycles. The molecule has 1 aromatic rings. The van der Waals surface area contributed by atoms with Crippen LogP contribution in [0.3, 0.4) is 0 Å². The molecule has 4 bridgehead atoms. The van der Waals surface area contributed by atoms with E-state index in [0.717, 1.165) is 36.3 Å². The SMILES string of the molecule is O=C(CSCCCc1ccccc1)NC12CC3CC(CC(C3)C1)C2. The van der Waals surface area contributed by atoms with Gasteiger partial charge in [0.25, 0.3) is 0 Å². The number of hydrogen-bond acceptors (Lipinski definition) is 2. The summed E-state index contributed by atoms with van der Waals surface area (Å²) in [7, 11) is 0. The number of hydrogen-bond donors (Lipinski definition) is 1. The van der Waals surface area contributed by atoms with Crippen LogP contribution in [0.15, 0.2) is 30.3 Å². The predicted molar refractivity (Wildman–Crippen MR) is 101 cm³/mol. The molecule has 5 rings (SSSR count). The van der Waals surface area contributed by atoms with Gasteiger partial charge < -0.3 is 5.32 Å². The molecule has 4 aliphatic rings. The Morgan fingerprint density at radius 3 is 2.29 bits per heavy atom. The van der Waals surface area contributed by atoms with E-state index in [0.29, 0.717) is 5.75 Å². The molecule has 1 N–H and O–H groups in total. The standard InChI is InChI=1S/C21H29NOS/c23-20(15-24-8-4-7-16-5-2-1-3-6-16)22-21-12-17-9-18(13-21)11-19(10-17)14-21/h1-3,5-6,17-19H,4,7-15H2,(H,22,23). The Balaban J connectivity index is 1.18. The normalized spacial score (nSPS) is 33.6. The summed E-state index contributed by atoms with van der Waals surface area (Å²) in [6.45, 7) is 0. The van der Waals surface area contributed by atoms with Gasteiger partial charge in [0, 0.05) is 5.54 Å². The van der Waals surface area contributed by atoms with E-state index >= 15 is 0 Å². The molecule has 3 heteroatoms. The Morgan fingerprint density at radius 1 is 1.04 bits per heavy atom. The van der Waals surface area contributed by atoms with E-state index in [4.69, 9.17) is 0 Å². The van der Waals surface area contributed by atoms with Crippen LogP contribution in [0.25, 0.3) is 0 Å². The van der Waals surface area contributed by atoms with Gasteiger partial charge in [0.15, 0.2) is 0 Å². The quantitative estimate of drug-likeness (QED) is 0.742.